The second-order valence-electron chi connectivity index (χ2n) is 1.72. The van der Waals surface area contributed by atoms with E-state index >= 15 is 0 Å². The summed E-state index contributed by atoms with van der Waals surface area (Å²) in [7, 11) is 0. The highest BCUT2D eigenvalue weighted by Gasteiger charge is 1.92. The molecule has 0 unspecified atom stereocenters. The topological polar surface area (TPSA) is 29.3 Å². The summed E-state index contributed by atoms with van der Waals surface area (Å²) in [6.45, 7) is 1.56. The Morgan fingerprint density at radius 3 is 2.75 bits per heavy atom. The largest absolute Gasteiger partial charge is 0.361 e. The number of rotatable bonds is 1. The van der Waals surface area contributed by atoms with Gasteiger partial charge in [0.05, 0.1) is 6.67 Å². The van der Waals surface area contributed by atoms with Gasteiger partial charge in [0, 0.05) is 12.7 Å². The van der Waals surface area contributed by atoms with Crippen molar-refractivity contribution in [1.29, 1.82) is 0 Å². The fourth-order valence-electron chi connectivity index (χ4n) is 0.642. The predicted molar refractivity (Wildman–Crippen MR) is 34.0 cm³/mol. The molecule has 8 heavy (non-hydrogen) atoms. The molecule has 0 saturated heterocycles. The van der Waals surface area contributed by atoms with Crippen molar-refractivity contribution in [2.75, 3.05) is 13.2 Å². The van der Waals surface area contributed by atoms with E-state index in [-0.39, 0.29) is 0 Å². The normalized spacial score (nSPS) is 17.4. The molecule has 0 aromatic rings. The third kappa shape index (κ3) is 1.10. The van der Waals surface area contributed by atoms with E-state index in [0.717, 1.165) is 6.54 Å². The van der Waals surface area contributed by atoms with Crippen LogP contribution in [0, 0.1) is 0 Å². The molecular weight excluding hydrogens is 100 g/mol. The molecule has 2 nitrogen and oxygen atoms in total. The summed E-state index contributed by atoms with van der Waals surface area (Å²) < 4.78 is 0. The van der Waals surface area contributed by atoms with Crippen LogP contribution in [0.4, 0.5) is 0 Å². The molecule has 0 bridgehead atoms. The standard InChI is InChI=1S/C6H10N2/c7-6-8-4-2-1-3-5-8/h1-4H,5-7H2. The van der Waals surface area contributed by atoms with Gasteiger partial charge in [0.1, 0.15) is 0 Å². The molecule has 1 aliphatic rings. The molecule has 44 valence electrons. The Morgan fingerprint density at radius 2 is 2.38 bits per heavy atom. The maximum Gasteiger partial charge on any atom is 0.0654 e. The van der Waals surface area contributed by atoms with E-state index in [1.54, 1.807) is 0 Å². The van der Waals surface area contributed by atoms with Gasteiger partial charge in [0.15, 0.2) is 0 Å². The Kier molecular flexibility index (Phi) is 1.70. The van der Waals surface area contributed by atoms with Crippen molar-refractivity contribution in [3.8, 4) is 0 Å². The summed E-state index contributed by atoms with van der Waals surface area (Å²) >= 11 is 0. The summed E-state index contributed by atoms with van der Waals surface area (Å²) in [6, 6.07) is 0. The molecular formula is C6H10N2. The zero-order valence-corrected chi connectivity index (χ0v) is 4.75. The predicted octanol–water partition coefficient (Wildman–Crippen LogP) is 0.288. The first-order chi connectivity index (χ1) is 3.93. The van der Waals surface area contributed by atoms with Crippen LogP contribution in [0.1, 0.15) is 0 Å². The van der Waals surface area contributed by atoms with Gasteiger partial charge in [0.2, 0.25) is 0 Å². The van der Waals surface area contributed by atoms with E-state index in [1.807, 2.05) is 23.3 Å². The second-order valence-corrected chi connectivity index (χ2v) is 1.72. The van der Waals surface area contributed by atoms with Crippen LogP contribution >= 0.6 is 0 Å². The number of nitrogens with zero attached hydrogens (tertiary/aromatic N) is 1. The lowest BCUT2D eigenvalue weighted by Gasteiger charge is -2.16. The molecule has 1 aliphatic heterocycles. The molecule has 0 spiro atoms. The Labute approximate surface area is 49.3 Å². The van der Waals surface area contributed by atoms with Gasteiger partial charge >= 0.3 is 0 Å². The van der Waals surface area contributed by atoms with Crippen molar-refractivity contribution >= 4 is 0 Å². The number of nitrogens with two attached hydrogens (primary N) is 1. The van der Waals surface area contributed by atoms with Crippen molar-refractivity contribution in [3.63, 3.8) is 0 Å². The molecule has 2 N–H and O–H groups in total. The summed E-state index contributed by atoms with van der Waals surface area (Å²) in [5.41, 5.74) is 5.34. The zero-order chi connectivity index (χ0) is 5.82. The van der Waals surface area contributed by atoms with Gasteiger partial charge in [0.25, 0.3) is 0 Å². The van der Waals surface area contributed by atoms with Crippen LogP contribution in [0.2, 0.25) is 0 Å². The van der Waals surface area contributed by atoms with Gasteiger partial charge in [-0.05, 0) is 6.08 Å². The average Bonchev–Trinajstić information content (AvgIpc) is 1.90. The number of allylic oxidation sites excluding steroid dienone is 2. The van der Waals surface area contributed by atoms with Crippen LogP contribution in [-0.4, -0.2) is 18.1 Å². The molecule has 1 heterocycles. The van der Waals surface area contributed by atoms with Crippen LogP contribution in [0.25, 0.3) is 0 Å². The van der Waals surface area contributed by atoms with E-state index in [0.29, 0.717) is 6.67 Å². The fraction of sp³-hybridized carbons (Fsp3) is 0.333. The molecule has 0 aliphatic carbocycles. The highest BCUT2D eigenvalue weighted by Crippen LogP contribution is 1.93. The molecule has 2 heteroatoms. The quantitative estimate of drug-likeness (QED) is 0.525. The van der Waals surface area contributed by atoms with Crippen molar-refractivity contribution in [1.82, 2.24) is 4.90 Å². The first kappa shape index (κ1) is 5.38. The maximum absolute atomic E-state index is 5.34. The van der Waals surface area contributed by atoms with Gasteiger partial charge in [-0.1, -0.05) is 12.2 Å². The van der Waals surface area contributed by atoms with E-state index in [1.165, 1.54) is 0 Å². The van der Waals surface area contributed by atoms with Crippen LogP contribution in [0.5, 0.6) is 0 Å². The van der Waals surface area contributed by atoms with E-state index in [2.05, 4.69) is 6.08 Å². The van der Waals surface area contributed by atoms with E-state index in [9.17, 15) is 0 Å². The summed E-state index contributed by atoms with van der Waals surface area (Å²) in [6.07, 6.45) is 8.06. The highest BCUT2D eigenvalue weighted by molar-refractivity contribution is 5.08. The third-order valence-corrected chi connectivity index (χ3v) is 1.12. The first-order valence-corrected chi connectivity index (χ1v) is 2.71. The lowest BCUT2D eigenvalue weighted by Crippen LogP contribution is -2.25. The van der Waals surface area contributed by atoms with Crippen molar-refractivity contribution in [2.45, 2.75) is 0 Å². The minimum atomic E-state index is 0.612. The monoisotopic (exact) mass is 110 g/mol. The molecule has 0 radical (unpaired) electrons. The average molecular weight is 110 g/mol. The highest BCUT2D eigenvalue weighted by atomic mass is 15.2. The van der Waals surface area contributed by atoms with Crippen LogP contribution in [-0.2, 0) is 0 Å². The molecule has 0 aromatic heterocycles. The van der Waals surface area contributed by atoms with Crippen molar-refractivity contribution in [2.24, 2.45) is 5.73 Å². The Balaban J connectivity index is 2.40. The second kappa shape index (κ2) is 2.52. The first-order valence-electron chi connectivity index (χ1n) is 2.71. The minimum Gasteiger partial charge on any atom is -0.361 e. The van der Waals surface area contributed by atoms with Gasteiger partial charge in [-0.25, -0.2) is 0 Å². The number of hydrogen-bond acceptors (Lipinski definition) is 2. The van der Waals surface area contributed by atoms with Crippen LogP contribution in [0.3, 0.4) is 0 Å². The maximum atomic E-state index is 5.34. The smallest absolute Gasteiger partial charge is 0.0654 e. The summed E-state index contributed by atoms with van der Waals surface area (Å²) in [5.74, 6) is 0. The van der Waals surface area contributed by atoms with Gasteiger partial charge < -0.3 is 10.6 Å². The molecule has 0 amide bonds. The SMILES string of the molecule is NCN1C=CC=CC1. The minimum absolute atomic E-state index is 0.612. The van der Waals surface area contributed by atoms with E-state index in [4.69, 9.17) is 5.73 Å². The Hall–Kier alpha value is -0.760. The van der Waals surface area contributed by atoms with Gasteiger partial charge in [-0.2, -0.15) is 0 Å². The van der Waals surface area contributed by atoms with Gasteiger partial charge in [-0.3, -0.25) is 0 Å². The van der Waals surface area contributed by atoms with Crippen molar-refractivity contribution in [3.05, 3.63) is 24.4 Å². The molecule has 0 atom stereocenters. The lowest BCUT2D eigenvalue weighted by atomic mass is 10.4. The molecule has 0 saturated carbocycles. The molecule has 0 fully saturated rings. The number of hydrogen-bond donors (Lipinski definition) is 1. The fourth-order valence-corrected chi connectivity index (χ4v) is 0.642. The Bertz CT molecular complexity index is 116. The van der Waals surface area contributed by atoms with Crippen LogP contribution < -0.4 is 5.73 Å². The summed E-state index contributed by atoms with van der Waals surface area (Å²) in [4.78, 5) is 2.03. The molecule has 1 rings (SSSR count). The van der Waals surface area contributed by atoms with Crippen molar-refractivity contribution < 1.29 is 0 Å². The van der Waals surface area contributed by atoms with Crippen LogP contribution in [0.15, 0.2) is 24.4 Å². The van der Waals surface area contributed by atoms with E-state index < -0.39 is 0 Å². The lowest BCUT2D eigenvalue weighted by molar-refractivity contribution is 0.425. The summed E-state index contributed by atoms with van der Waals surface area (Å²) in [5, 5.41) is 0. The third-order valence-electron chi connectivity index (χ3n) is 1.12. The zero-order valence-electron chi connectivity index (χ0n) is 4.75. The Morgan fingerprint density at radius 1 is 1.50 bits per heavy atom. The molecule has 0 aromatic carbocycles. The van der Waals surface area contributed by atoms with Gasteiger partial charge in [-0.15, -0.1) is 0 Å².